The number of hydrogen-bond acceptors (Lipinski definition) is 4. The Morgan fingerprint density at radius 3 is 2.50 bits per heavy atom. The van der Waals surface area contributed by atoms with Crippen LogP contribution in [0.4, 0.5) is 0 Å². The molecule has 0 unspecified atom stereocenters. The van der Waals surface area contributed by atoms with Crippen molar-refractivity contribution < 1.29 is 5.11 Å². The molecule has 0 radical (unpaired) electrons. The van der Waals surface area contributed by atoms with Crippen LogP contribution in [0.1, 0.15) is 24.4 Å². The van der Waals surface area contributed by atoms with Gasteiger partial charge in [-0.3, -0.25) is 0 Å². The number of fused-ring (bicyclic) bond motifs is 1. The molecule has 0 spiro atoms. The van der Waals surface area contributed by atoms with Crippen LogP contribution < -0.4 is 5.73 Å². The van der Waals surface area contributed by atoms with Gasteiger partial charge >= 0.3 is 0 Å². The van der Waals surface area contributed by atoms with E-state index in [1.54, 1.807) is 19.1 Å². The van der Waals surface area contributed by atoms with Crippen LogP contribution in [0.25, 0.3) is 22.2 Å². The number of nitrogens with zero attached hydrogens (tertiary/aromatic N) is 2. The van der Waals surface area contributed by atoms with Gasteiger partial charge < -0.3 is 15.8 Å². The van der Waals surface area contributed by atoms with Crippen molar-refractivity contribution in [3.63, 3.8) is 0 Å². The maximum atomic E-state index is 9.57. The fraction of sp³-hybridized carbons (Fsp3) is 0.176. The molecule has 0 fully saturated rings. The molecule has 0 aliphatic heterocycles. The van der Waals surface area contributed by atoms with E-state index in [-0.39, 0.29) is 0 Å². The van der Waals surface area contributed by atoms with E-state index in [0.717, 1.165) is 22.2 Å². The Labute approximate surface area is 128 Å². The first-order chi connectivity index (χ1) is 10.6. The maximum absolute atomic E-state index is 9.57. The molecule has 1 aromatic heterocycles. The molecule has 2 aromatic carbocycles. The number of imidazole rings is 1. The second-order valence-electron chi connectivity index (χ2n) is 5.31. The second-order valence-corrected chi connectivity index (χ2v) is 5.31. The smallest absolute Gasteiger partial charge is 0.126 e. The van der Waals surface area contributed by atoms with Crippen molar-refractivity contribution in [3.05, 3.63) is 53.9 Å². The van der Waals surface area contributed by atoms with Crippen LogP contribution in [0.5, 0.6) is 0 Å². The molecular formula is C17H16N4O. The predicted octanol–water partition coefficient (Wildman–Crippen LogP) is 2.48. The Kier molecular flexibility index (Phi) is 3.63. The topological polar surface area (TPSA) is 98.7 Å². The molecule has 4 N–H and O–H groups in total. The third kappa shape index (κ3) is 2.58. The van der Waals surface area contributed by atoms with Crippen molar-refractivity contribution in [1.29, 1.82) is 5.26 Å². The standard InChI is InChI=1S/C17H16N4O/c1-10(22)16(19)17-20-14-7-6-13(8-15(14)21-17)12-4-2-11(9-18)3-5-12/h2-8,10,16,22H,19H2,1H3,(H,20,21)/t10-,16+/m1/s1. The van der Waals surface area contributed by atoms with Gasteiger partial charge in [0.25, 0.3) is 0 Å². The van der Waals surface area contributed by atoms with Crippen LogP contribution in [0.3, 0.4) is 0 Å². The van der Waals surface area contributed by atoms with Crippen molar-refractivity contribution in [1.82, 2.24) is 9.97 Å². The lowest BCUT2D eigenvalue weighted by atomic mass is 10.0. The van der Waals surface area contributed by atoms with Gasteiger partial charge in [0, 0.05) is 0 Å². The zero-order chi connectivity index (χ0) is 15.7. The number of H-pyrrole nitrogens is 1. The van der Waals surface area contributed by atoms with Gasteiger partial charge in [0.15, 0.2) is 0 Å². The first kappa shape index (κ1) is 14.3. The molecule has 0 amide bonds. The summed E-state index contributed by atoms with van der Waals surface area (Å²) in [7, 11) is 0. The van der Waals surface area contributed by atoms with Crippen LogP contribution >= 0.6 is 0 Å². The normalized spacial score (nSPS) is 13.7. The first-order valence-electron chi connectivity index (χ1n) is 7.02. The predicted molar refractivity (Wildman–Crippen MR) is 84.9 cm³/mol. The third-order valence-corrected chi connectivity index (χ3v) is 3.68. The summed E-state index contributed by atoms with van der Waals surface area (Å²) in [6.07, 6.45) is -0.668. The highest BCUT2D eigenvalue weighted by Gasteiger charge is 2.16. The molecule has 5 nitrogen and oxygen atoms in total. The fourth-order valence-electron chi connectivity index (χ4n) is 2.33. The van der Waals surface area contributed by atoms with Gasteiger partial charge in [-0.25, -0.2) is 4.98 Å². The van der Waals surface area contributed by atoms with E-state index in [1.165, 1.54) is 0 Å². The van der Waals surface area contributed by atoms with E-state index in [4.69, 9.17) is 11.0 Å². The molecule has 0 aliphatic carbocycles. The number of aliphatic hydroxyl groups is 1. The van der Waals surface area contributed by atoms with Crippen LogP contribution in [0, 0.1) is 11.3 Å². The minimum absolute atomic E-state index is 0.536. The van der Waals surface area contributed by atoms with E-state index >= 15 is 0 Å². The molecule has 0 bridgehead atoms. The highest BCUT2D eigenvalue weighted by molar-refractivity contribution is 5.82. The zero-order valence-corrected chi connectivity index (χ0v) is 12.1. The minimum Gasteiger partial charge on any atom is -0.391 e. The Morgan fingerprint density at radius 1 is 1.18 bits per heavy atom. The Bertz CT molecular complexity index is 843. The number of aromatic amines is 1. The number of benzene rings is 2. The van der Waals surface area contributed by atoms with Gasteiger partial charge in [0.1, 0.15) is 5.82 Å². The summed E-state index contributed by atoms with van der Waals surface area (Å²) < 4.78 is 0. The van der Waals surface area contributed by atoms with Gasteiger partial charge in [0.05, 0.1) is 34.8 Å². The van der Waals surface area contributed by atoms with E-state index in [0.29, 0.717) is 11.4 Å². The average Bonchev–Trinajstić information content (AvgIpc) is 2.97. The van der Waals surface area contributed by atoms with Crippen LogP contribution in [-0.4, -0.2) is 21.2 Å². The molecule has 110 valence electrons. The zero-order valence-electron chi connectivity index (χ0n) is 12.1. The van der Waals surface area contributed by atoms with E-state index < -0.39 is 12.1 Å². The summed E-state index contributed by atoms with van der Waals surface area (Å²) in [5.41, 5.74) is 10.3. The largest absolute Gasteiger partial charge is 0.391 e. The molecule has 3 aromatic rings. The SMILES string of the molecule is C[C@@H](O)[C@H](N)c1nc2cc(-c3ccc(C#N)cc3)ccc2[nH]1. The van der Waals surface area contributed by atoms with Crippen molar-refractivity contribution >= 4 is 11.0 Å². The molecule has 0 aliphatic rings. The van der Waals surface area contributed by atoms with Crippen LogP contribution in [0.2, 0.25) is 0 Å². The Morgan fingerprint density at radius 2 is 1.86 bits per heavy atom. The highest BCUT2D eigenvalue weighted by atomic mass is 16.3. The van der Waals surface area contributed by atoms with E-state index in [9.17, 15) is 5.11 Å². The van der Waals surface area contributed by atoms with E-state index in [2.05, 4.69) is 16.0 Å². The molecule has 2 atom stereocenters. The Balaban J connectivity index is 2.00. The number of aromatic nitrogens is 2. The molecular weight excluding hydrogens is 276 g/mol. The van der Waals surface area contributed by atoms with Crippen LogP contribution in [-0.2, 0) is 0 Å². The number of nitriles is 1. The maximum Gasteiger partial charge on any atom is 0.126 e. The van der Waals surface area contributed by atoms with E-state index in [1.807, 2.05) is 30.3 Å². The second kappa shape index (κ2) is 5.60. The summed E-state index contributed by atoms with van der Waals surface area (Å²) in [5.74, 6) is 0.571. The molecule has 22 heavy (non-hydrogen) atoms. The number of nitrogens with two attached hydrogens (primary N) is 1. The van der Waals surface area contributed by atoms with Gasteiger partial charge in [-0.05, 0) is 42.3 Å². The first-order valence-corrected chi connectivity index (χ1v) is 7.02. The lowest BCUT2D eigenvalue weighted by Gasteiger charge is -2.10. The fourth-order valence-corrected chi connectivity index (χ4v) is 2.33. The monoisotopic (exact) mass is 292 g/mol. The molecule has 0 saturated carbocycles. The number of rotatable bonds is 3. The van der Waals surface area contributed by atoms with Crippen molar-refractivity contribution in [3.8, 4) is 17.2 Å². The van der Waals surface area contributed by atoms with Gasteiger partial charge in [-0.15, -0.1) is 0 Å². The quantitative estimate of drug-likeness (QED) is 0.690. The van der Waals surface area contributed by atoms with Gasteiger partial charge in [-0.1, -0.05) is 18.2 Å². The molecule has 5 heteroatoms. The molecule has 3 rings (SSSR count). The Hall–Kier alpha value is -2.68. The summed E-state index contributed by atoms with van der Waals surface area (Å²) in [5, 5.41) is 18.4. The van der Waals surface area contributed by atoms with Gasteiger partial charge in [-0.2, -0.15) is 5.26 Å². The third-order valence-electron chi connectivity index (χ3n) is 3.68. The lowest BCUT2D eigenvalue weighted by Crippen LogP contribution is -2.24. The van der Waals surface area contributed by atoms with Crippen molar-refractivity contribution in [2.24, 2.45) is 5.73 Å². The summed E-state index contributed by atoms with van der Waals surface area (Å²) in [4.78, 5) is 7.60. The summed E-state index contributed by atoms with van der Waals surface area (Å²) in [6, 6.07) is 14.9. The average molecular weight is 292 g/mol. The number of hydrogen-bond donors (Lipinski definition) is 3. The summed E-state index contributed by atoms with van der Waals surface area (Å²) >= 11 is 0. The lowest BCUT2D eigenvalue weighted by molar-refractivity contribution is 0.161. The van der Waals surface area contributed by atoms with Crippen molar-refractivity contribution in [2.75, 3.05) is 0 Å². The molecule has 1 heterocycles. The molecule has 0 saturated heterocycles. The minimum atomic E-state index is -0.668. The van der Waals surface area contributed by atoms with Crippen molar-refractivity contribution in [2.45, 2.75) is 19.1 Å². The van der Waals surface area contributed by atoms with Crippen LogP contribution in [0.15, 0.2) is 42.5 Å². The number of nitrogens with one attached hydrogen (secondary N) is 1. The highest BCUT2D eigenvalue weighted by Crippen LogP contribution is 2.25. The van der Waals surface area contributed by atoms with Gasteiger partial charge in [0.2, 0.25) is 0 Å². The summed E-state index contributed by atoms with van der Waals surface area (Å²) in [6.45, 7) is 1.64. The number of aliphatic hydroxyl groups excluding tert-OH is 1.